The number of carbonyl (C=O) groups excluding carboxylic acids is 1. The summed E-state index contributed by atoms with van der Waals surface area (Å²) in [6, 6.07) is 6.46. The van der Waals surface area contributed by atoms with Gasteiger partial charge in [-0.3, -0.25) is 9.79 Å². The van der Waals surface area contributed by atoms with Crippen LogP contribution in [0.25, 0.3) is 0 Å². The van der Waals surface area contributed by atoms with Crippen LogP contribution in [0.2, 0.25) is 0 Å². The van der Waals surface area contributed by atoms with E-state index in [1.165, 1.54) is 11.1 Å². The van der Waals surface area contributed by atoms with Gasteiger partial charge in [0.1, 0.15) is 5.75 Å². The van der Waals surface area contributed by atoms with E-state index in [4.69, 9.17) is 9.47 Å². The summed E-state index contributed by atoms with van der Waals surface area (Å²) in [6.07, 6.45) is 3.61. The van der Waals surface area contributed by atoms with E-state index in [0.29, 0.717) is 6.61 Å². The summed E-state index contributed by atoms with van der Waals surface area (Å²) in [4.78, 5) is 18.5. The number of rotatable bonds is 5. The molecule has 2 heterocycles. The summed E-state index contributed by atoms with van der Waals surface area (Å²) in [6.45, 7) is 5.61. The average Bonchev–Trinajstić information content (AvgIpc) is 3.13. The number of esters is 1. The zero-order valence-electron chi connectivity index (χ0n) is 16.2. The molecule has 0 amide bonds. The van der Waals surface area contributed by atoms with E-state index in [1.807, 2.05) is 14.0 Å². The van der Waals surface area contributed by atoms with Gasteiger partial charge in [-0.25, -0.2) is 0 Å². The van der Waals surface area contributed by atoms with E-state index in [-0.39, 0.29) is 35.9 Å². The summed E-state index contributed by atoms with van der Waals surface area (Å²) >= 11 is 0. The van der Waals surface area contributed by atoms with Gasteiger partial charge in [0, 0.05) is 33.1 Å². The number of guanidine groups is 1. The predicted octanol–water partition coefficient (Wildman–Crippen LogP) is 2.63. The molecule has 0 unspecified atom stereocenters. The van der Waals surface area contributed by atoms with E-state index < -0.39 is 0 Å². The molecule has 1 N–H and O–H groups in total. The quantitative estimate of drug-likeness (QED) is 0.300. The Labute approximate surface area is 178 Å². The second-order valence-corrected chi connectivity index (χ2v) is 6.78. The molecule has 0 aliphatic carbocycles. The maximum atomic E-state index is 11.9. The Morgan fingerprint density at radius 3 is 2.85 bits per heavy atom. The molecule has 2 aliphatic heterocycles. The highest BCUT2D eigenvalue weighted by molar-refractivity contribution is 14.0. The maximum Gasteiger partial charge on any atom is 0.309 e. The molecule has 0 radical (unpaired) electrons. The third-order valence-corrected chi connectivity index (χ3v) is 5.08. The lowest BCUT2D eigenvalue weighted by Crippen LogP contribution is -2.47. The summed E-state index contributed by atoms with van der Waals surface area (Å²) in [5, 5.41) is 3.45. The molecule has 150 valence electrons. The van der Waals surface area contributed by atoms with Gasteiger partial charge in [-0.2, -0.15) is 0 Å². The maximum absolute atomic E-state index is 11.9. The number of nitrogens with zero attached hydrogens (tertiary/aromatic N) is 2. The van der Waals surface area contributed by atoms with Crippen LogP contribution in [0, 0.1) is 5.92 Å². The zero-order valence-corrected chi connectivity index (χ0v) is 18.5. The van der Waals surface area contributed by atoms with Gasteiger partial charge in [0.05, 0.1) is 19.1 Å². The van der Waals surface area contributed by atoms with Crippen molar-refractivity contribution >= 4 is 35.9 Å². The predicted molar refractivity (Wildman–Crippen MR) is 117 cm³/mol. The lowest BCUT2D eigenvalue weighted by Gasteiger charge is -2.33. The fourth-order valence-corrected chi connectivity index (χ4v) is 3.63. The molecule has 27 heavy (non-hydrogen) atoms. The Morgan fingerprint density at radius 1 is 1.37 bits per heavy atom. The second kappa shape index (κ2) is 10.7. The van der Waals surface area contributed by atoms with Crippen molar-refractivity contribution in [1.29, 1.82) is 0 Å². The highest BCUT2D eigenvalue weighted by Crippen LogP contribution is 2.26. The first kappa shape index (κ1) is 21.8. The number of likely N-dealkylation sites (tertiary alicyclic amines) is 1. The fraction of sp³-hybridized carbons (Fsp3) is 0.600. The van der Waals surface area contributed by atoms with Gasteiger partial charge in [0.25, 0.3) is 0 Å². The van der Waals surface area contributed by atoms with Crippen molar-refractivity contribution in [3.05, 3.63) is 29.3 Å². The third kappa shape index (κ3) is 5.73. The molecule has 7 heteroatoms. The SMILES string of the molecule is CCOC(=O)C1CCN(C(=NC)NCCc2ccc3c(c2)CCO3)CC1.I. The zero-order chi connectivity index (χ0) is 18.4. The molecule has 0 bridgehead atoms. The number of fused-ring (bicyclic) bond motifs is 1. The van der Waals surface area contributed by atoms with Gasteiger partial charge in [0.15, 0.2) is 5.96 Å². The smallest absolute Gasteiger partial charge is 0.309 e. The van der Waals surface area contributed by atoms with E-state index in [0.717, 1.165) is 63.6 Å². The van der Waals surface area contributed by atoms with E-state index >= 15 is 0 Å². The first-order valence-corrected chi connectivity index (χ1v) is 9.58. The van der Waals surface area contributed by atoms with Crippen molar-refractivity contribution in [1.82, 2.24) is 10.2 Å². The van der Waals surface area contributed by atoms with Crippen molar-refractivity contribution in [2.45, 2.75) is 32.6 Å². The molecule has 1 fully saturated rings. The molecule has 2 aliphatic rings. The minimum atomic E-state index is -0.0596. The molecule has 0 aromatic heterocycles. The van der Waals surface area contributed by atoms with Crippen LogP contribution in [-0.4, -0.2) is 56.7 Å². The topological polar surface area (TPSA) is 63.2 Å². The highest BCUT2D eigenvalue weighted by Gasteiger charge is 2.27. The summed E-state index contributed by atoms with van der Waals surface area (Å²) in [5.41, 5.74) is 2.63. The molecule has 0 saturated carbocycles. The summed E-state index contributed by atoms with van der Waals surface area (Å²) in [5.74, 6) is 1.91. The summed E-state index contributed by atoms with van der Waals surface area (Å²) < 4.78 is 10.7. The normalized spacial score (nSPS) is 17.0. The monoisotopic (exact) mass is 487 g/mol. The van der Waals surface area contributed by atoms with E-state index in [1.54, 1.807) is 0 Å². The largest absolute Gasteiger partial charge is 0.493 e. The van der Waals surface area contributed by atoms with Crippen LogP contribution in [0.3, 0.4) is 0 Å². The number of ether oxygens (including phenoxy) is 2. The summed E-state index contributed by atoms with van der Waals surface area (Å²) in [7, 11) is 1.81. The average molecular weight is 487 g/mol. The number of aliphatic imine (C=N–C) groups is 1. The first-order valence-electron chi connectivity index (χ1n) is 9.58. The second-order valence-electron chi connectivity index (χ2n) is 6.78. The fourth-order valence-electron chi connectivity index (χ4n) is 3.63. The molecule has 3 rings (SSSR count). The van der Waals surface area contributed by atoms with Gasteiger partial charge >= 0.3 is 5.97 Å². The van der Waals surface area contributed by atoms with Gasteiger partial charge in [-0.05, 0) is 43.4 Å². The van der Waals surface area contributed by atoms with Gasteiger partial charge < -0.3 is 19.7 Å². The lowest BCUT2D eigenvalue weighted by atomic mass is 9.97. The molecule has 0 spiro atoms. The van der Waals surface area contributed by atoms with Crippen LogP contribution in [0.5, 0.6) is 5.75 Å². The molecular formula is C20H30IN3O3. The third-order valence-electron chi connectivity index (χ3n) is 5.08. The van der Waals surface area contributed by atoms with Crippen molar-refractivity contribution in [2.75, 3.05) is 39.9 Å². The van der Waals surface area contributed by atoms with Crippen LogP contribution < -0.4 is 10.1 Å². The standard InChI is InChI=1S/C20H29N3O3.HI/c1-3-25-19(24)16-7-11-23(12-8-16)20(21-2)22-10-6-15-4-5-18-17(14-15)9-13-26-18;/h4-5,14,16H,3,6-13H2,1-2H3,(H,21,22);1H. The Kier molecular flexibility index (Phi) is 8.66. The molecule has 1 aromatic rings. The van der Waals surface area contributed by atoms with E-state index in [9.17, 15) is 4.79 Å². The highest BCUT2D eigenvalue weighted by atomic mass is 127. The number of hydrogen-bond donors (Lipinski definition) is 1. The lowest BCUT2D eigenvalue weighted by molar-refractivity contribution is -0.149. The minimum Gasteiger partial charge on any atom is -0.493 e. The molecule has 6 nitrogen and oxygen atoms in total. The van der Waals surface area contributed by atoms with Crippen molar-refractivity contribution in [3.8, 4) is 5.75 Å². The molecule has 1 saturated heterocycles. The number of halogens is 1. The van der Waals surface area contributed by atoms with Gasteiger partial charge in [0.2, 0.25) is 0 Å². The molecular weight excluding hydrogens is 457 g/mol. The van der Waals surface area contributed by atoms with Gasteiger partial charge in [-0.15, -0.1) is 24.0 Å². The van der Waals surface area contributed by atoms with Crippen LogP contribution in [-0.2, 0) is 22.4 Å². The number of hydrogen-bond acceptors (Lipinski definition) is 4. The van der Waals surface area contributed by atoms with Crippen LogP contribution in [0.15, 0.2) is 23.2 Å². The number of benzene rings is 1. The first-order chi connectivity index (χ1) is 12.7. The van der Waals surface area contributed by atoms with Crippen molar-refractivity contribution < 1.29 is 14.3 Å². The van der Waals surface area contributed by atoms with Crippen molar-refractivity contribution in [3.63, 3.8) is 0 Å². The van der Waals surface area contributed by atoms with Gasteiger partial charge in [-0.1, -0.05) is 12.1 Å². The number of piperidine rings is 1. The Hall–Kier alpha value is -1.51. The van der Waals surface area contributed by atoms with Crippen LogP contribution in [0.4, 0.5) is 0 Å². The Balaban J connectivity index is 0.00000261. The number of carbonyl (C=O) groups is 1. The minimum absolute atomic E-state index is 0. The molecule has 1 aromatic carbocycles. The Morgan fingerprint density at radius 2 is 2.15 bits per heavy atom. The molecule has 0 atom stereocenters. The van der Waals surface area contributed by atoms with Crippen molar-refractivity contribution in [2.24, 2.45) is 10.9 Å². The Bertz CT molecular complexity index is 658. The van der Waals surface area contributed by atoms with Crippen LogP contribution >= 0.6 is 24.0 Å². The van der Waals surface area contributed by atoms with Crippen LogP contribution in [0.1, 0.15) is 30.9 Å². The van der Waals surface area contributed by atoms with E-state index in [2.05, 4.69) is 33.4 Å². The number of nitrogens with one attached hydrogen (secondary N) is 1.